The lowest BCUT2D eigenvalue weighted by Crippen LogP contribution is -1.83. The molecule has 1 heterocycles. The van der Waals surface area contributed by atoms with Crippen molar-refractivity contribution in [3.05, 3.63) is 51.2 Å². The fourth-order valence-corrected chi connectivity index (χ4v) is 2.54. The van der Waals surface area contributed by atoms with Crippen LogP contribution in [-0.2, 0) is 0 Å². The van der Waals surface area contributed by atoms with Gasteiger partial charge in [-0.05, 0) is 34.5 Å². The first-order valence-corrected chi connectivity index (χ1v) is 6.13. The van der Waals surface area contributed by atoms with Gasteiger partial charge in [0.15, 0.2) is 0 Å². The Bertz CT molecular complexity index is 477. The second-order valence-corrected chi connectivity index (χ2v) is 5.02. The van der Waals surface area contributed by atoms with Gasteiger partial charge >= 0.3 is 0 Å². The number of hydrogen-bond donors (Lipinski definition) is 0. The van der Waals surface area contributed by atoms with E-state index in [-0.39, 0.29) is 0 Å². The summed E-state index contributed by atoms with van der Waals surface area (Å²) in [6.07, 6.45) is 1.86. The van der Waals surface area contributed by atoms with Crippen LogP contribution in [0.1, 0.15) is 5.56 Å². The highest BCUT2D eigenvalue weighted by Crippen LogP contribution is 2.29. The molecular weight excluding hydrogens is 318 g/mol. The van der Waals surface area contributed by atoms with Crippen LogP contribution >= 0.6 is 31.9 Å². The van der Waals surface area contributed by atoms with E-state index in [0.29, 0.717) is 0 Å². The van der Waals surface area contributed by atoms with Gasteiger partial charge in [-0.3, -0.25) is 0 Å². The highest BCUT2D eigenvalue weighted by atomic mass is 79.9. The van der Waals surface area contributed by atoms with Crippen molar-refractivity contribution in [1.82, 2.24) is 4.98 Å². The SMILES string of the molecule is Cc1ccc(-c2cnc(Br)cc2Br)cc1. The van der Waals surface area contributed by atoms with E-state index in [2.05, 4.69) is 68.0 Å². The summed E-state index contributed by atoms with van der Waals surface area (Å²) in [5, 5.41) is 0. The fourth-order valence-electron chi connectivity index (χ4n) is 1.35. The Labute approximate surface area is 106 Å². The molecule has 76 valence electrons. The lowest BCUT2D eigenvalue weighted by molar-refractivity contribution is 1.26. The van der Waals surface area contributed by atoms with Crippen molar-refractivity contribution in [2.45, 2.75) is 6.92 Å². The van der Waals surface area contributed by atoms with Crippen molar-refractivity contribution >= 4 is 31.9 Å². The Balaban J connectivity index is 2.49. The smallest absolute Gasteiger partial charge is 0.107 e. The Morgan fingerprint density at radius 1 is 1.07 bits per heavy atom. The normalized spacial score (nSPS) is 10.3. The van der Waals surface area contributed by atoms with Crippen molar-refractivity contribution in [3.8, 4) is 11.1 Å². The summed E-state index contributed by atoms with van der Waals surface area (Å²) in [4.78, 5) is 4.23. The van der Waals surface area contributed by atoms with Crippen LogP contribution in [0.3, 0.4) is 0 Å². The molecule has 1 aromatic carbocycles. The van der Waals surface area contributed by atoms with Gasteiger partial charge in [0.1, 0.15) is 4.60 Å². The lowest BCUT2D eigenvalue weighted by atomic mass is 10.1. The van der Waals surface area contributed by atoms with Gasteiger partial charge in [-0.25, -0.2) is 4.98 Å². The third-order valence-corrected chi connectivity index (χ3v) is 3.27. The van der Waals surface area contributed by atoms with E-state index in [1.807, 2.05) is 12.3 Å². The molecule has 15 heavy (non-hydrogen) atoms. The number of benzene rings is 1. The highest BCUT2D eigenvalue weighted by molar-refractivity contribution is 9.11. The molecule has 3 heteroatoms. The minimum absolute atomic E-state index is 0.838. The van der Waals surface area contributed by atoms with Crippen molar-refractivity contribution < 1.29 is 0 Å². The van der Waals surface area contributed by atoms with Gasteiger partial charge in [0.05, 0.1) is 0 Å². The van der Waals surface area contributed by atoms with Crippen LogP contribution in [-0.4, -0.2) is 4.98 Å². The molecule has 0 radical (unpaired) electrons. The summed E-state index contributed by atoms with van der Waals surface area (Å²) in [5.41, 5.74) is 3.55. The first kappa shape index (κ1) is 10.8. The maximum atomic E-state index is 4.23. The van der Waals surface area contributed by atoms with Crippen LogP contribution in [0.5, 0.6) is 0 Å². The van der Waals surface area contributed by atoms with Crippen molar-refractivity contribution in [2.75, 3.05) is 0 Å². The van der Waals surface area contributed by atoms with Crippen molar-refractivity contribution in [2.24, 2.45) is 0 Å². The maximum Gasteiger partial charge on any atom is 0.107 e. The Hall–Kier alpha value is -0.670. The fraction of sp³-hybridized carbons (Fsp3) is 0.0833. The minimum Gasteiger partial charge on any atom is -0.249 e. The molecule has 0 N–H and O–H groups in total. The number of aryl methyl sites for hydroxylation is 1. The van der Waals surface area contributed by atoms with Gasteiger partial charge in [-0.15, -0.1) is 0 Å². The van der Waals surface area contributed by atoms with Gasteiger partial charge in [0.2, 0.25) is 0 Å². The van der Waals surface area contributed by atoms with E-state index in [9.17, 15) is 0 Å². The second kappa shape index (κ2) is 4.45. The molecule has 0 saturated heterocycles. The number of halogens is 2. The average molecular weight is 327 g/mol. The van der Waals surface area contributed by atoms with E-state index in [1.54, 1.807) is 0 Å². The maximum absolute atomic E-state index is 4.23. The Kier molecular flexibility index (Phi) is 3.22. The van der Waals surface area contributed by atoms with Crippen molar-refractivity contribution in [1.29, 1.82) is 0 Å². The largest absolute Gasteiger partial charge is 0.249 e. The quantitative estimate of drug-likeness (QED) is 0.699. The summed E-state index contributed by atoms with van der Waals surface area (Å²) in [5.74, 6) is 0. The summed E-state index contributed by atoms with van der Waals surface area (Å²) in [6.45, 7) is 2.08. The van der Waals surface area contributed by atoms with E-state index in [4.69, 9.17) is 0 Å². The number of nitrogens with zero attached hydrogens (tertiary/aromatic N) is 1. The second-order valence-electron chi connectivity index (χ2n) is 3.35. The summed E-state index contributed by atoms with van der Waals surface area (Å²) in [7, 11) is 0. The van der Waals surface area contributed by atoms with Crippen molar-refractivity contribution in [3.63, 3.8) is 0 Å². The third-order valence-electron chi connectivity index (χ3n) is 2.18. The molecule has 2 aromatic rings. The third kappa shape index (κ3) is 2.47. The molecular formula is C12H9Br2N. The number of hydrogen-bond acceptors (Lipinski definition) is 1. The Morgan fingerprint density at radius 2 is 1.73 bits per heavy atom. The zero-order valence-electron chi connectivity index (χ0n) is 8.17. The topological polar surface area (TPSA) is 12.9 Å². The van der Waals surface area contributed by atoms with E-state index in [0.717, 1.165) is 14.6 Å². The van der Waals surface area contributed by atoms with Crippen LogP contribution in [0.4, 0.5) is 0 Å². The van der Waals surface area contributed by atoms with Gasteiger partial charge in [0.25, 0.3) is 0 Å². The summed E-state index contributed by atoms with van der Waals surface area (Å²) >= 11 is 6.87. The van der Waals surface area contributed by atoms with Gasteiger partial charge in [-0.2, -0.15) is 0 Å². The molecule has 1 aromatic heterocycles. The number of aromatic nitrogens is 1. The predicted octanol–water partition coefficient (Wildman–Crippen LogP) is 4.58. The highest BCUT2D eigenvalue weighted by Gasteiger charge is 2.03. The molecule has 0 atom stereocenters. The molecule has 0 aliphatic rings. The van der Waals surface area contributed by atoms with Gasteiger partial charge < -0.3 is 0 Å². The molecule has 0 saturated carbocycles. The molecule has 0 fully saturated rings. The predicted molar refractivity (Wildman–Crippen MR) is 69.8 cm³/mol. The zero-order valence-corrected chi connectivity index (χ0v) is 11.3. The van der Waals surface area contributed by atoms with E-state index < -0.39 is 0 Å². The molecule has 2 rings (SSSR count). The molecule has 0 aliphatic carbocycles. The van der Waals surface area contributed by atoms with Crippen LogP contribution in [0.2, 0.25) is 0 Å². The van der Waals surface area contributed by atoms with E-state index >= 15 is 0 Å². The average Bonchev–Trinajstić information content (AvgIpc) is 2.20. The zero-order chi connectivity index (χ0) is 10.8. The van der Waals surface area contributed by atoms with E-state index in [1.165, 1.54) is 11.1 Å². The molecule has 0 aliphatic heterocycles. The van der Waals surface area contributed by atoms with Crippen LogP contribution in [0.15, 0.2) is 45.6 Å². The monoisotopic (exact) mass is 325 g/mol. The molecule has 0 unspecified atom stereocenters. The lowest BCUT2D eigenvalue weighted by Gasteiger charge is -2.04. The minimum atomic E-state index is 0.838. The molecule has 0 spiro atoms. The van der Waals surface area contributed by atoms with Gasteiger partial charge in [0, 0.05) is 16.2 Å². The molecule has 0 amide bonds. The first-order chi connectivity index (χ1) is 7.16. The standard InChI is InChI=1S/C12H9Br2N/c1-8-2-4-9(5-3-8)10-7-15-12(14)6-11(10)13/h2-7H,1H3. The summed E-state index contributed by atoms with van der Waals surface area (Å²) < 4.78 is 1.89. The van der Waals surface area contributed by atoms with Gasteiger partial charge in [-0.1, -0.05) is 45.8 Å². The number of pyridine rings is 1. The summed E-state index contributed by atoms with van der Waals surface area (Å²) in [6, 6.07) is 10.4. The molecule has 1 nitrogen and oxygen atoms in total. The van der Waals surface area contributed by atoms with Crippen LogP contribution in [0.25, 0.3) is 11.1 Å². The first-order valence-electron chi connectivity index (χ1n) is 4.55. The number of rotatable bonds is 1. The van der Waals surface area contributed by atoms with Crippen LogP contribution < -0.4 is 0 Å². The Morgan fingerprint density at radius 3 is 2.33 bits per heavy atom. The van der Waals surface area contributed by atoms with Crippen LogP contribution in [0, 0.1) is 6.92 Å². The molecule has 0 bridgehead atoms.